The summed E-state index contributed by atoms with van der Waals surface area (Å²) in [5, 5.41) is 28.8. The Kier molecular flexibility index (Phi) is 1.91. The molecule has 4 N–H and O–H groups in total. The van der Waals surface area contributed by atoms with E-state index in [-0.39, 0.29) is 0 Å². The van der Waals surface area contributed by atoms with Gasteiger partial charge in [-0.1, -0.05) is 0 Å². The number of aliphatic hydroxyl groups is 3. The lowest BCUT2D eigenvalue weighted by molar-refractivity contribution is -0.0973. The second kappa shape index (κ2) is 3.05. The van der Waals surface area contributed by atoms with Crippen molar-refractivity contribution in [3.8, 4) is 0 Å². The first-order valence-corrected chi connectivity index (χ1v) is 5.01. The van der Waals surface area contributed by atoms with Crippen LogP contribution in [-0.4, -0.2) is 48.8 Å². The van der Waals surface area contributed by atoms with E-state index in [2.05, 4.69) is 0 Å². The number of hydrogen-bond acceptors (Lipinski definition) is 6. The molecule has 0 radical (unpaired) electrons. The molecule has 3 rings (SSSR count). The van der Waals surface area contributed by atoms with Gasteiger partial charge in [-0.05, 0) is 0 Å². The number of nitrogens with zero attached hydrogens (tertiary/aromatic N) is 1. The van der Waals surface area contributed by atoms with Crippen LogP contribution in [0, 0.1) is 0 Å². The zero-order valence-electron chi connectivity index (χ0n) is 8.48. The lowest BCUT2D eigenvalue weighted by Crippen LogP contribution is -2.41. The van der Waals surface area contributed by atoms with Crippen LogP contribution in [0.25, 0.3) is 0 Å². The first-order valence-electron chi connectivity index (χ1n) is 5.01. The van der Waals surface area contributed by atoms with Crippen LogP contribution in [0.15, 0.2) is 21.9 Å². The van der Waals surface area contributed by atoms with Crippen LogP contribution < -0.4 is 11.2 Å². The molecule has 8 nitrogen and oxygen atoms in total. The maximum atomic E-state index is 11.5. The average molecular weight is 242 g/mol. The van der Waals surface area contributed by atoms with Gasteiger partial charge in [-0.25, -0.2) is 4.79 Å². The predicted molar refractivity (Wildman–Crippen MR) is 52.2 cm³/mol. The highest BCUT2D eigenvalue weighted by molar-refractivity contribution is 5.24. The molecule has 1 aliphatic carbocycles. The molecule has 17 heavy (non-hydrogen) atoms. The topological polar surface area (TPSA) is 125 Å². The number of nitrogens with one attached hydrogen (secondary N) is 1. The Morgan fingerprint density at radius 1 is 1.35 bits per heavy atom. The molecule has 1 aromatic rings. The van der Waals surface area contributed by atoms with E-state index in [9.17, 15) is 24.9 Å². The van der Waals surface area contributed by atoms with Crippen LogP contribution in [0.5, 0.6) is 0 Å². The second-order valence-corrected chi connectivity index (χ2v) is 4.24. The highest BCUT2D eigenvalue weighted by Crippen LogP contribution is 2.52. The number of aromatic nitrogens is 2. The smallest absolute Gasteiger partial charge is 0.330 e. The Morgan fingerprint density at radius 3 is 2.59 bits per heavy atom. The zero-order chi connectivity index (χ0) is 12.4. The molecule has 1 saturated heterocycles. The van der Waals surface area contributed by atoms with Crippen molar-refractivity contribution in [2.24, 2.45) is 0 Å². The molecule has 2 fully saturated rings. The van der Waals surface area contributed by atoms with Gasteiger partial charge < -0.3 is 20.1 Å². The SMILES string of the molecule is O=c1ccn([C@@H]2O[C@@H]3C(O)[C@]3(O)[C@H]2O)c(=O)[nH]1. The summed E-state index contributed by atoms with van der Waals surface area (Å²) in [7, 11) is 0. The summed E-state index contributed by atoms with van der Waals surface area (Å²) < 4.78 is 6.12. The van der Waals surface area contributed by atoms with Crippen molar-refractivity contribution in [3.05, 3.63) is 33.1 Å². The monoisotopic (exact) mass is 242 g/mol. The standard InChI is InChI=1S/C9H10N2O6/c12-3-1-2-11(8(15)10-3)7-5(14)9(16)4(13)6(9)17-7/h1-2,4-7,13-14,16H,(H,10,12,15)/t4?,5-,6+,7+,9-/m0/s1. The number of hydrogen-bond donors (Lipinski definition) is 4. The third-order valence-electron chi connectivity index (χ3n) is 3.26. The molecule has 8 heteroatoms. The first kappa shape index (κ1) is 10.7. The molecule has 0 bridgehead atoms. The minimum atomic E-state index is -1.72. The van der Waals surface area contributed by atoms with Gasteiger partial charge in [-0.3, -0.25) is 14.3 Å². The largest absolute Gasteiger partial charge is 0.387 e. The van der Waals surface area contributed by atoms with Crippen molar-refractivity contribution in [3.63, 3.8) is 0 Å². The fraction of sp³-hybridized carbons (Fsp3) is 0.556. The summed E-state index contributed by atoms with van der Waals surface area (Å²) in [5.74, 6) is 0. The molecule has 92 valence electrons. The Bertz CT molecular complexity index is 579. The van der Waals surface area contributed by atoms with Gasteiger partial charge in [0.15, 0.2) is 11.8 Å². The second-order valence-electron chi connectivity index (χ2n) is 4.24. The fourth-order valence-electron chi connectivity index (χ4n) is 2.17. The molecule has 0 spiro atoms. The van der Waals surface area contributed by atoms with Crippen molar-refractivity contribution in [2.75, 3.05) is 0 Å². The van der Waals surface area contributed by atoms with Crippen LogP contribution in [-0.2, 0) is 4.74 Å². The number of ether oxygens (including phenoxy) is 1. The van der Waals surface area contributed by atoms with Gasteiger partial charge in [0.1, 0.15) is 18.3 Å². The summed E-state index contributed by atoms with van der Waals surface area (Å²) in [6.45, 7) is 0. The Hall–Kier alpha value is -1.48. The third-order valence-corrected chi connectivity index (χ3v) is 3.26. The molecule has 2 heterocycles. The maximum absolute atomic E-state index is 11.5. The number of aromatic amines is 1. The molecule has 2 aliphatic rings. The van der Waals surface area contributed by atoms with Gasteiger partial charge >= 0.3 is 5.69 Å². The van der Waals surface area contributed by atoms with Crippen LogP contribution >= 0.6 is 0 Å². The summed E-state index contributed by atoms with van der Waals surface area (Å²) >= 11 is 0. The molecule has 0 amide bonds. The number of aliphatic hydroxyl groups excluding tert-OH is 2. The zero-order valence-corrected chi connectivity index (χ0v) is 8.48. The molecule has 0 aromatic carbocycles. The van der Waals surface area contributed by atoms with Crippen molar-refractivity contribution in [1.82, 2.24) is 9.55 Å². The predicted octanol–water partition coefficient (Wildman–Crippen LogP) is -3.10. The molecular weight excluding hydrogens is 232 g/mol. The van der Waals surface area contributed by atoms with E-state index in [0.717, 1.165) is 16.8 Å². The van der Waals surface area contributed by atoms with Gasteiger partial charge in [0.05, 0.1) is 0 Å². The van der Waals surface area contributed by atoms with Crippen LogP contribution in [0.4, 0.5) is 0 Å². The summed E-state index contributed by atoms with van der Waals surface area (Å²) in [5.41, 5.74) is -3.04. The van der Waals surface area contributed by atoms with E-state index in [1.807, 2.05) is 4.98 Å². The number of H-pyrrole nitrogens is 1. The first-order chi connectivity index (χ1) is 7.96. The highest BCUT2D eigenvalue weighted by atomic mass is 16.6. The highest BCUT2D eigenvalue weighted by Gasteiger charge is 2.76. The van der Waals surface area contributed by atoms with Gasteiger partial charge in [0.2, 0.25) is 0 Å². The fourth-order valence-corrected chi connectivity index (χ4v) is 2.17. The van der Waals surface area contributed by atoms with Gasteiger partial charge in [-0.2, -0.15) is 0 Å². The van der Waals surface area contributed by atoms with Gasteiger partial charge in [0, 0.05) is 12.3 Å². The van der Waals surface area contributed by atoms with Crippen molar-refractivity contribution >= 4 is 0 Å². The molecule has 1 unspecified atom stereocenters. The van der Waals surface area contributed by atoms with Crippen molar-refractivity contribution < 1.29 is 20.1 Å². The van der Waals surface area contributed by atoms with E-state index in [1.165, 1.54) is 0 Å². The molecule has 5 atom stereocenters. The molecule has 1 aliphatic heterocycles. The van der Waals surface area contributed by atoms with E-state index >= 15 is 0 Å². The van der Waals surface area contributed by atoms with E-state index in [1.54, 1.807) is 0 Å². The lowest BCUT2D eigenvalue weighted by atomic mass is 10.1. The summed E-state index contributed by atoms with van der Waals surface area (Å²) in [6.07, 6.45) is -3.42. The number of rotatable bonds is 1. The maximum Gasteiger partial charge on any atom is 0.330 e. The normalized spacial score (nSPS) is 43.5. The third kappa shape index (κ3) is 1.20. The molecule has 1 saturated carbocycles. The lowest BCUT2D eigenvalue weighted by Gasteiger charge is -2.22. The Balaban J connectivity index is 1.98. The molecular formula is C9H10N2O6. The minimum absolute atomic E-state index is 0.567. The van der Waals surface area contributed by atoms with E-state index in [0.29, 0.717) is 0 Å². The van der Waals surface area contributed by atoms with Crippen molar-refractivity contribution in [2.45, 2.75) is 30.1 Å². The average Bonchev–Trinajstić information content (AvgIpc) is 2.66. The van der Waals surface area contributed by atoms with E-state index < -0.39 is 41.4 Å². The molecule has 1 aromatic heterocycles. The van der Waals surface area contributed by atoms with Crippen LogP contribution in [0.2, 0.25) is 0 Å². The van der Waals surface area contributed by atoms with E-state index in [4.69, 9.17) is 4.74 Å². The van der Waals surface area contributed by atoms with Gasteiger partial charge in [0.25, 0.3) is 5.56 Å². The quantitative estimate of drug-likeness (QED) is 0.413. The van der Waals surface area contributed by atoms with Gasteiger partial charge in [-0.15, -0.1) is 0 Å². The minimum Gasteiger partial charge on any atom is -0.387 e. The van der Waals surface area contributed by atoms with Crippen LogP contribution in [0.3, 0.4) is 0 Å². The van der Waals surface area contributed by atoms with Crippen LogP contribution in [0.1, 0.15) is 6.23 Å². The number of fused-ring (bicyclic) bond motifs is 1. The Morgan fingerprint density at radius 2 is 2.06 bits per heavy atom. The summed E-state index contributed by atoms with van der Waals surface area (Å²) in [6, 6.07) is 1.10. The van der Waals surface area contributed by atoms with Crippen molar-refractivity contribution in [1.29, 1.82) is 0 Å². The Labute approximate surface area is 93.7 Å². The summed E-state index contributed by atoms with van der Waals surface area (Å²) in [4.78, 5) is 24.3.